The lowest BCUT2D eigenvalue weighted by atomic mass is 10.0. The minimum absolute atomic E-state index is 0.0537. The van der Waals surface area contributed by atoms with E-state index in [0.29, 0.717) is 11.4 Å². The number of nitrogens with two attached hydrogens (primary N) is 1. The topological polar surface area (TPSA) is 78.9 Å². The Morgan fingerprint density at radius 2 is 2.33 bits per heavy atom. The van der Waals surface area contributed by atoms with Crippen LogP contribution in [0.25, 0.3) is 0 Å². The van der Waals surface area contributed by atoms with Crippen molar-refractivity contribution in [3.8, 4) is 0 Å². The molecule has 1 aliphatic rings. The fourth-order valence-corrected chi connectivity index (χ4v) is 3.46. The van der Waals surface area contributed by atoms with Crippen LogP contribution < -0.4 is 5.73 Å². The average Bonchev–Trinajstić information content (AvgIpc) is 2.83. The van der Waals surface area contributed by atoms with Gasteiger partial charge in [0.1, 0.15) is 0 Å². The third-order valence-corrected chi connectivity index (χ3v) is 4.62. The van der Waals surface area contributed by atoms with Gasteiger partial charge in [0.15, 0.2) is 5.84 Å². The van der Waals surface area contributed by atoms with Crippen LogP contribution in [0.1, 0.15) is 28.9 Å². The normalized spacial score (nSPS) is 21.1. The van der Waals surface area contributed by atoms with Crippen molar-refractivity contribution < 1.29 is 10.0 Å². The number of carbonyl (C=O) groups is 1. The first-order valence-corrected chi connectivity index (χ1v) is 7.28. The molecule has 1 aliphatic heterocycles. The number of rotatable bonds is 2. The third kappa shape index (κ3) is 2.67. The lowest BCUT2D eigenvalue weighted by molar-refractivity contribution is 0.0681. The van der Waals surface area contributed by atoms with Crippen molar-refractivity contribution >= 4 is 39.0 Å². The number of halogens is 1. The van der Waals surface area contributed by atoms with E-state index in [9.17, 15) is 4.79 Å². The average molecular weight is 332 g/mol. The molecule has 1 aromatic heterocycles. The number of amides is 1. The van der Waals surface area contributed by atoms with E-state index in [1.807, 2.05) is 6.07 Å². The Labute approximate surface area is 117 Å². The molecule has 1 unspecified atom stereocenters. The van der Waals surface area contributed by atoms with Gasteiger partial charge in [0, 0.05) is 6.54 Å². The van der Waals surface area contributed by atoms with Crippen molar-refractivity contribution in [3.63, 3.8) is 0 Å². The predicted octanol–water partition coefficient (Wildman–Crippen LogP) is 2.25. The van der Waals surface area contributed by atoms with Gasteiger partial charge >= 0.3 is 0 Å². The maximum Gasteiger partial charge on any atom is 0.264 e. The molecule has 0 spiro atoms. The van der Waals surface area contributed by atoms with Crippen molar-refractivity contribution in [1.82, 2.24) is 4.90 Å². The highest BCUT2D eigenvalue weighted by Gasteiger charge is 2.30. The van der Waals surface area contributed by atoms with Crippen molar-refractivity contribution in [2.24, 2.45) is 10.9 Å². The second-order valence-electron chi connectivity index (χ2n) is 4.14. The molecule has 1 fully saturated rings. The molecular weight excluding hydrogens is 318 g/mol. The summed E-state index contributed by atoms with van der Waals surface area (Å²) in [5.74, 6) is 0.0562. The zero-order chi connectivity index (χ0) is 13.1. The van der Waals surface area contributed by atoms with E-state index in [1.165, 1.54) is 11.3 Å². The fraction of sp³-hybridized carbons (Fsp3) is 0.455. The third-order valence-electron chi connectivity index (χ3n) is 3.00. The van der Waals surface area contributed by atoms with Gasteiger partial charge in [-0.25, -0.2) is 0 Å². The number of amidine groups is 1. The van der Waals surface area contributed by atoms with Crippen LogP contribution in [0.5, 0.6) is 0 Å². The quantitative estimate of drug-likeness (QED) is 0.377. The highest BCUT2D eigenvalue weighted by Crippen LogP contribution is 2.26. The van der Waals surface area contributed by atoms with Gasteiger partial charge in [0.25, 0.3) is 5.91 Å². The van der Waals surface area contributed by atoms with Crippen LogP contribution in [0, 0.1) is 0 Å². The lowest BCUT2D eigenvalue weighted by Gasteiger charge is -2.34. The van der Waals surface area contributed by atoms with Crippen LogP contribution in [0.4, 0.5) is 0 Å². The second kappa shape index (κ2) is 5.71. The minimum atomic E-state index is -0.294. The Balaban J connectivity index is 2.21. The Morgan fingerprint density at radius 1 is 1.56 bits per heavy atom. The highest BCUT2D eigenvalue weighted by molar-refractivity contribution is 9.11. The number of thiophene rings is 1. The Bertz CT molecular complexity index is 475. The molecule has 0 saturated carbocycles. The molecule has 0 aliphatic carbocycles. The smallest absolute Gasteiger partial charge is 0.264 e. The molecule has 18 heavy (non-hydrogen) atoms. The molecular formula is C11H14BrN3O2S. The summed E-state index contributed by atoms with van der Waals surface area (Å²) in [4.78, 5) is 14.7. The van der Waals surface area contributed by atoms with Crippen molar-refractivity contribution in [2.45, 2.75) is 25.3 Å². The van der Waals surface area contributed by atoms with E-state index in [2.05, 4.69) is 21.1 Å². The summed E-state index contributed by atoms with van der Waals surface area (Å²) in [5.41, 5.74) is 5.66. The van der Waals surface area contributed by atoms with Crippen LogP contribution in [0.2, 0.25) is 0 Å². The first kappa shape index (κ1) is 13.4. The highest BCUT2D eigenvalue weighted by atomic mass is 79.9. The molecule has 3 N–H and O–H groups in total. The Morgan fingerprint density at radius 3 is 2.94 bits per heavy atom. The summed E-state index contributed by atoms with van der Waals surface area (Å²) < 4.78 is 0.920. The number of likely N-dealkylation sites (tertiary alicyclic amines) is 1. The molecule has 0 aromatic carbocycles. The number of piperidine rings is 1. The molecule has 2 heterocycles. The van der Waals surface area contributed by atoms with Crippen molar-refractivity contribution in [3.05, 3.63) is 20.8 Å². The summed E-state index contributed by atoms with van der Waals surface area (Å²) in [6.45, 7) is 0.648. The monoisotopic (exact) mass is 331 g/mol. The Kier molecular flexibility index (Phi) is 4.23. The van der Waals surface area contributed by atoms with E-state index in [4.69, 9.17) is 10.9 Å². The summed E-state index contributed by atoms with van der Waals surface area (Å²) in [7, 11) is 0. The second-order valence-corrected chi connectivity index (χ2v) is 6.60. The van der Waals surface area contributed by atoms with Crippen LogP contribution in [-0.4, -0.2) is 34.4 Å². The van der Waals surface area contributed by atoms with Gasteiger partial charge in [-0.05, 0) is 47.3 Å². The molecule has 1 saturated heterocycles. The minimum Gasteiger partial charge on any atom is -0.409 e. The van der Waals surface area contributed by atoms with Crippen molar-refractivity contribution in [2.75, 3.05) is 6.54 Å². The maximum absolute atomic E-state index is 12.4. The van der Waals surface area contributed by atoms with E-state index in [0.717, 1.165) is 23.0 Å². The van der Waals surface area contributed by atoms with Gasteiger partial charge in [-0.3, -0.25) is 4.79 Å². The lowest BCUT2D eigenvalue weighted by Crippen LogP contribution is -2.50. The maximum atomic E-state index is 12.4. The zero-order valence-corrected chi connectivity index (χ0v) is 12.1. The molecule has 5 nitrogen and oxygen atoms in total. The number of hydrogen-bond acceptors (Lipinski definition) is 4. The molecule has 7 heteroatoms. The predicted molar refractivity (Wildman–Crippen MR) is 74.1 cm³/mol. The van der Waals surface area contributed by atoms with Crippen LogP contribution in [0.15, 0.2) is 21.1 Å². The van der Waals surface area contributed by atoms with Gasteiger partial charge in [-0.2, -0.15) is 0 Å². The molecule has 1 atom stereocenters. The first-order chi connectivity index (χ1) is 8.63. The van der Waals surface area contributed by atoms with Gasteiger partial charge < -0.3 is 15.8 Å². The number of carbonyl (C=O) groups excluding carboxylic acids is 1. The van der Waals surface area contributed by atoms with Gasteiger partial charge in [0.05, 0.1) is 14.7 Å². The molecule has 2 rings (SSSR count). The molecule has 0 bridgehead atoms. The standard InChI is InChI=1S/C11H14BrN3O2S/c12-9-5-4-8(18-9)11(16)15-6-2-1-3-7(15)10(13)14-17/h4-5,7,17H,1-3,6H2,(H2,13,14). The zero-order valence-electron chi connectivity index (χ0n) is 9.67. The number of hydrogen-bond donors (Lipinski definition) is 2. The van der Waals surface area contributed by atoms with Crippen molar-refractivity contribution in [1.29, 1.82) is 0 Å². The molecule has 0 radical (unpaired) electrons. The first-order valence-electron chi connectivity index (χ1n) is 5.67. The van der Waals surface area contributed by atoms with Gasteiger partial charge in [-0.1, -0.05) is 5.16 Å². The van der Waals surface area contributed by atoms with Crippen LogP contribution in [0.3, 0.4) is 0 Å². The van der Waals surface area contributed by atoms with E-state index in [1.54, 1.807) is 11.0 Å². The van der Waals surface area contributed by atoms with Gasteiger partial charge in [-0.15, -0.1) is 11.3 Å². The number of nitrogens with zero attached hydrogens (tertiary/aromatic N) is 2. The molecule has 1 aromatic rings. The molecule has 98 valence electrons. The molecule has 1 amide bonds. The summed E-state index contributed by atoms with van der Waals surface area (Å²) in [5, 5.41) is 11.8. The fourth-order valence-electron chi connectivity index (χ4n) is 2.12. The van der Waals surface area contributed by atoms with Crippen LogP contribution in [-0.2, 0) is 0 Å². The SMILES string of the molecule is NC(=NO)C1CCCCN1C(=O)c1ccc(Br)s1. The largest absolute Gasteiger partial charge is 0.409 e. The summed E-state index contributed by atoms with van der Waals surface area (Å²) in [6, 6.07) is 3.34. The van der Waals surface area contributed by atoms with E-state index < -0.39 is 0 Å². The van der Waals surface area contributed by atoms with E-state index in [-0.39, 0.29) is 17.8 Å². The van der Waals surface area contributed by atoms with Gasteiger partial charge in [0.2, 0.25) is 0 Å². The Hall–Kier alpha value is -1.08. The van der Waals surface area contributed by atoms with E-state index >= 15 is 0 Å². The summed E-state index contributed by atoms with van der Waals surface area (Å²) >= 11 is 4.73. The van der Waals surface area contributed by atoms with Crippen LogP contribution >= 0.6 is 27.3 Å². The number of oxime groups is 1. The summed E-state index contributed by atoms with van der Waals surface area (Å²) in [6.07, 6.45) is 2.68.